The first kappa shape index (κ1) is 24.2. The fourth-order valence-electron chi connectivity index (χ4n) is 3.93. The number of ether oxygens (including phenoxy) is 2. The van der Waals surface area contributed by atoms with Crippen LogP contribution in [0, 0.1) is 5.82 Å². The third kappa shape index (κ3) is 5.25. The van der Waals surface area contributed by atoms with E-state index in [1.54, 1.807) is 37.3 Å². The lowest BCUT2D eigenvalue weighted by atomic mass is 9.98. The summed E-state index contributed by atoms with van der Waals surface area (Å²) >= 11 is 0. The molecule has 7 heteroatoms. The summed E-state index contributed by atoms with van der Waals surface area (Å²) in [5.41, 5.74) is 10.0. The van der Waals surface area contributed by atoms with Crippen LogP contribution in [0.15, 0.2) is 65.3 Å². The summed E-state index contributed by atoms with van der Waals surface area (Å²) in [6.45, 7) is 3.68. The molecule has 0 fully saturated rings. The van der Waals surface area contributed by atoms with Gasteiger partial charge in [-0.05, 0) is 49.2 Å². The summed E-state index contributed by atoms with van der Waals surface area (Å²) in [5.74, 6) is -0.696. The molecule has 2 N–H and O–H groups in total. The number of fused-ring (bicyclic) bond motifs is 1. The smallest absolute Gasteiger partial charge is 0.310 e. The lowest BCUT2D eigenvalue weighted by molar-refractivity contribution is -0.142. The van der Waals surface area contributed by atoms with E-state index in [1.165, 1.54) is 13.2 Å². The zero-order valence-corrected chi connectivity index (χ0v) is 19.6. The molecule has 1 aromatic heterocycles. The Morgan fingerprint density at radius 2 is 1.89 bits per heavy atom. The van der Waals surface area contributed by atoms with Gasteiger partial charge in [0.05, 0.1) is 24.7 Å². The first-order chi connectivity index (χ1) is 16.9. The second kappa shape index (κ2) is 10.5. The Hall–Kier alpha value is -3.97. The minimum atomic E-state index is -0.456. The molecule has 1 heterocycles. The summed E-state index contributed by atoms with van der Waals surface area (Å²) in [4.78, 5) is 24.0. The predicted octanol–water partition coefficient (Wildman–Crippen LogP) is 5.58. The molecule has 0 saturated carbocycles. The van der Waals surface area contributed by atoms with Crippen molar-refractivity contribution in [1.82, 2.24) is 0 Å². The van der Waals surface area contributed by atoms with Crippen LogP contribution in [0.3, 0.4) is 0 Å². The van der Waals surface area contributed by atoms with Crippen LogP contribution in [-0.2, 0) is 29.1 Å². The van der Waals surface area contributed by atoms with Crippen LogP contribution in [0.1, 0.15) is 40.9 Å². The highest BCUT2D eigenvalue weighted by Gasteiger charge is 2.18. The molecule has 0 amide bonds. The van der Waals surface area contributed by atoms with Gasteiger partial charge < -0.3 is 19.6 Å². The number of furan rings is 1. The molecule has 0 bridgehead atoms. The zero-order chi connectivity index (χ0) is 24.9. The van der Waals surface area contributed by atoms with Crippen LogP contribution in [0.5, 0.6) is 5.75 Å². The molecule has 0 aliphatic rings. The van der Waals surface area contributed by atoms with Crippen LogP contribution >= 0.6 is 0 Å². The first-order valence-electron chi connectivity index (χ1n) is 11.3. The van der Waals surface area contributed by atoms with Crippen molar-refractivity contribution in [2.75, 3.05) is 6.61 Å². The number of hydrogen-bond acceptors (Lipinski definition) is 6. The van der Waals surface area contributed by atoms with Crippen molar-refractivity contribution < 1.29 is 27.9 Å². The van der Waals surface area contributed by atoms with Gasteiger partial charge in [-0.3, -0.25) is 9.59 Å². The Labute approximate surface area is 202 Å². The van der Waals surface area contributed by atoms with E-state index in [4.69, 9.17) is 19.6 Å². The molecule has 0 aliphatic carbocycles. The molecule has 0 radical (unpaired) electrons. The Balaban J connectivity index is 1.71. The molecule has 0 spiro atoms. The van der Waals surface area contributed by atoms with E-state index in [0.29, 0.717) is 45.5 Å². The van der Waals surface area contributed by atoms with E-state index >= 15 is 4.39 Å². The van der Waals surface area contributed by atoms with E-state index in [2.05, 4.69) is 0 Å². The fraction of sp³-hybridized carbons (Fsp3) is 0.214. The molecule has 0 unspecified atom stereocenters. The number of ketones is 1. The Morgan fingerprint density at radius 3 is 2.63 bits per heavy atom. The molecule has 0 aliphatic heterocycles. The van der Waals surface area contributed by atoms with Crippen LogP contribution in [0.4, 0.5) is 4.39 Å². The highest BCUT2D eigenvalue weighted by molar-refractivity contribution is 5.95. The average molecular weight is 476 g/mol. The van der Waals surface area contributed by atoms with Crippen molar-refractivity contribution in [3.63, 3.8) is 0 Å². The third-order valence-corrected chi connectivity index (χ3v) is 5.72. The third-order valence-electron chi connectivity index (χ3n) is 5.72. The largest absolute Gasteiger partial charge is 0.488 e. The highest BCUT2D eigenvalue weighted by Crippen LogP contribution is 2.34. The van der Waals surface area contributed by atoms with Gasteiger partial charge in [0.15, 0.2) is 5.78 Å². The number of halogens is 1. The fourth-order valence-corrected chi connectivity index (χ4v) is 3.93. The van der Waals surface area contributed by atoms with Gasteiger partial charge in [0.25, 0.3) is 0 Å². The number of carbonyl (C=O) groups excluding carboxylic acids is 2. The second-order valence-corrected chi connectivity index (χ2v) is 8.11. The quantitative estimate of drug-likeness (QED) is 0.251. The highest BCUT2D eigenvalue weighted by atomic mass is 19.1. The molecule has 180 valence electrons. The van der Waals surface area contributed by atoms with E-state index in [9.17, 15) is 9.59 Å². The Bertz CT molecular complexity index is 1390. The van der Waals surface area contributed by atoms with Gasteiger partial charge in [-0.1, -0.05) is 30.3 Å². The van der Waals surface area contributed by atoms with E-state index in [-0.39, 0.29) is 25.4 Å². The average Bonchev–Trinajstić information content (AvgIpc) is 3.35. The van der Waals surface area contributed by atoms with Crippen molar-refractivity contribution in [1.29, 1.82) is 0 Å². The summed E-state index contributed by atoms with van der Waals surface area (Å²) < 4.78 is 32.0. The normalized spacial score (nSPS) is 11.0. The number of benzene rings is 3. The van der Waals surface area contributed by atoms with Crippen molar-refractivity contribution in [2.24, 2.45) is 5.73 Å². The lowest BCUT2D eigenvalue weighted by Crippen LogP contribution is -2.10. The van der Waals surface area contributed by atoms with Crippen LogP contribution in [-0.4, -0.2) is 18.4 Å². The van der Waals surface area contributed by atoms with E-state index < -0.39 is 11.8 Å². The molecule has 4 aromatic rings. The summed E-state index contributed by atoms with van der Waals surface area (Å²) in [5, 5.41) is 0.337. The number of hydrogen-bond donors (Lipinski definition) is 1. The van der Waals surface area contributed by atoms with Gasteiger partial charge in [0.2, 0.25) is 0 Å². The minimum absolute atomic E-state index is 0.0261. The minimum Gasteiger partial charge on any atom is -0.488 e. The number of carbonyl (C=O) groups is 2. The molecule has 35 heavy (non-hydrogen) atoms. The topological polar surface area (TPSA) is 91.8 Å². The van der Waals surface area contributed by atoms with E-state index in [0.717, 1.165) is 11.1 Å². The van der Waals surface area contributed by atoms with Gasteiger partial charge >= 0.3 is 5.97 Å². The molecule has 6 nitrogen and oxygen atoms in total. The number of nitrogens with two attached hydrogens (primary N) is 1. The van der Waals surface area contributed by atoms with Gasteiger partial charge in [-0.2, -0.15) is 0 Å². The summed E-state index contributed by atoms with van der Waals surface area (Å²) in [6, 6.07) is 15.8. The van der Waals surface area contributed by atoms with Crippen molar-refractivity contribution in [2.45, 2.75) is 33.4 Å². The summed E-state index contributed by atoms with van der Waals surface area (Å²) in [7, 11) is 0. The number of esters is 1. The second-order valence-electron chi connectivity index (χ2n) is 8.11. The maximum atomic E-state index is 15.4. The summed E-state index contributed by atoms with van der Waals surface area (Å²) in [6.07, 6.45) is 1.42. The van der Waals surface area contributed by atoms with Gasteiger partial charge in [-0.25, -0.2) is 4.39 Å². The van der Waals surface area contributed by atoms with Crippen molar-refractivity contribution in [3.05, 3.63) is 88.9 Å². The van der Waals surface area contributed by atoms with Crippen LogP contribution in [0.25, 0.3) is 22.1 Å². The Kier molecular flexibility index (Phi) is 7.27. The number of Topliss-reactive ketones (excluding diaryl/α,β-unsaturated/α-hetero) is 1. The molecule has 0 atom stereocenters. The van der Waals surface area contributed by atoms with Gasteiger partial charge in [0.1, 0.15) is 23.8 Å². The zero-order valence-electron chi connectivity index (χ0n) is 19.6. The van der Waals surface area contributed by atoms with Crippen molar-refractivity contribution in [3.8, 4) is 16.9 Å². The van der Waals surface area contributed by atoms with E-state index in [1.807, 2.05) is 24.3 Å². The maximum absolute atomic E-state index is 15.4. The van der Waals surface area contributed by atoms with Crippen molar-refractivity contribution >= 4 is 22.7 Å². The maximum Gasteiger partial charge on any atom is 0.310 e. The SMILES string of the molecule is CCOC(=O)Cc1ccc(C(C)=O)cc1OCc1cc(-c2cccc(CN)c2)c2occc2c1F. The van der Waals surface area contributed by atoms with Crippen LogP contribution < -0.4 is 10.5 Å². The molecular weight excluding hydrogens is 449 g/mol. The molecular formula is C28H26FNO5. The Morgan fingerprint density at radius 1 is 1.06 bits per heavy atom. The molecule has 3 aromatic carbocycles. The van der Waals surface area contributed by atoms with Gasteiger partial charge in [-0.15, -0.1) is 0 Å². The standard InChI is InChI=1S/C28H26FNO5/c1-3-33-26(32)14-21-8-7-19(17(2)31)13-25(21)35-16-22-12-24(20-6-4-5-18(11-20)15-30)28-23(27(22)29)9-10-34-28/h4-13H,3,14-16,30H2,1-2H3. The molecule has 0 saturated heterocycles. The lowest BCUT2D eigenvalue weighted by Gasteiger charge is -2.14. The monoisotopic (exact) mass is 475 g/mol. The first-order valence-corrected chi connectivity index (χ1v) is 11.3. The number of rotatable bonds is 9. The predicted molar refractivity (Wildman–Crippen MR) is 131 cm³/mol. The van der Waals surface area contributed by atoms with Crippen LogP contribution in [0.2, 0.25) is 0 Å². The van der Waals surface area contributed by atoms with Gasteiger partial charge in [0, 0.05) is 28.8 Å². The molecule has 4 rings (SSSR count).